The van der Waals surface area contributed by atoms with Crippen LogP contribution in [0.1, 0.15) is 29.4 Å². The summed E-state index contributed by atoms with van der Waals surface area (Å²) < 4.78 is 5.26. The molecule has 6 nitrogen and oxygen atoms in total. The molecule has 0 aliphatic carbocycles. The van der Waals surface area contributed by atoms with Gasteiger partial charge in [0.1, 0.15) is 0 Å². The van der Waals surface area contributed by atoms with Gasteiger partial charge in [-0.15, -0.1) is 11.3 Å². The summed E-state index contributed by atoms with van der Waals surface area (Å²) in [6.45, 7) is 0. The topological polar surface area (TPSA) is 90.7 Å². The minimum Gasteiger partial charge on any atom is -0.375 e. The molecule has 0 spiro atoms. The zero-order valence-corrected chi connectivity index (χ0v) is 12.2. The number of hydrogen-bond acceptors (Lipinski definition) is 7. The summed E-state index contributed by atoms with van der Waals surface area (Å²) in [4.78, 5) is 12.7. The van der Waals surface area contributed by atoms with Crippen molar-refractivity contribution in [2.24, 2.45) is 0 Å². The van der Waals surface area contributed by atoms with Crippen molar-refractivity contribution in [2.45, 2.75) is 25.7 Å². The Morgan fingerprint density at radius 1 is 1.24 bits per heavy atom. The zero-order valence-electron chi connectivity index (χ0n) is 11.4. The average molecular weight is 301 g/mol. The van der Waals surface area contributed by atoms with E-state index in [1.54, 1.807) is 6.20 Å². The Labute approximate surface area is 126 Å². The highest BCUT2D eigenvalue weighted by atomic mass is 32.1. The van der Waals surface area contributed by atoms with Gasteiger partial charge in [0, 0.05) is 30.6 Å². The van der Waals surface area contributed by atoms with E-state index < -0.39 is 0 Å². The molecule has 3 heterocycles. The summed E-state index contributed by atoms with van der Waals surface area (Å²) in [6.07, 6.45) is 6.72. The number of nitrogen functional groups attached to an aromatic ring is 1. The fraction of sp³-hybridized carbons (Fsp3) is 0.286. The van der Waals surface area contributed by atoms with Crippen LogP contribution in [0, 0.1) is 0 Å². The van der Waals surface area contributed by atoms with E-state index in [0.717, 1.165) is 30.5 Å². The first-order chi connectivity index (χ1) is 10.3. The normalized spacial score (nSPS) is 10.9. The lowest BCUT2D eigenvalue weighted by atomic mass is 10.2. The van der Waals surface area contributed by atoms with Crippen molar-refractivity contribution in [3.63, 3.8) is 0 Å². The number of aryl methyl sites for hydroxylation is 2. The van der Waals surface area contributed by atoms with Gasteiger partial charge in [0.2, 0.25) is 5.89 Å². The maximum absolute atomic E-state index is 5.60. The van der Waals surface area contributed by atoms with E-state index in [1.807, 2.05) is 23.7 Å². The Balaban J connectivity index is 1.51. The minimum atomic E-state index is 0.613. The lowest BCUT2D eigenvalue weighted by Gasteiger charge is -1.94. The third kappa shape index (κ3) is 3.85. The predicted molar refractivity (Wildman–Crippen MR) is 79.9 cm³/mol. The van der Waals surface area contributed by atoms with Crippen molar-refractivity contribution in [2.75, 3.05) is 5.73 Å². The van der Waals surface area contributed by atoms with Gasteiger partial charge in [0.05, 0.1) is 5.69 Å². The summed E-state index contributed by atoms with van der Waals surface area (Å²) in [6, 6.07) is 3.89. The number of hydrogen-bond donors (Lipinski definition) is 1. The van der Waals surface area contributed by atoms with Gasteiger partial charge >= 0.3 is 0 Å². The highest BCUT2D eigenvalue weighted by molar-refractivity contribution is 7.13. The van der Waals surface area contributed by atoms with E-state index in [0.29, 0.717) is 23.3 Å². The third-order valence-corrected chi connectivity index (χ3v) is 3.71. The largest absolute Gasteiger partial charge is 0.375 e. The molecule has 3 rings (SSSR count). The maximum atomic E-state index is 5.60. The Hall–Kier alpha value is -2.28. The van der Waals surface area contributed by atoms with Crippen LogP contribution in [0.4, 0.5) is 5.13 Å². The monoisotopic (exact) mass is 301 g/mol. The van der Waals surface area contributed by atoms with Crippen molar-refractivity contribution >= 4 is 16.5 Å². The van der Waals surface area contributed by atoms with Crippen LogP contribution in [-0.4, -0.2) is 20.1 Å². The molecule has 0 atom stereocenters. The Kier molecular flexibility index (Phi) is 4.20. The summed E-state index contributed by atoms with van der Waals surface area (Å²) >= 11 is 1.47. The van der Waals surface area contributed by atoms with Crippen LogP contribution in [0.15, 0.2) is 34.4 Å². The molecule has 3 aromatic heterocycles. The van der Waals surface area contributed by atoms with Gasteiger partial charge in [-0.05, 0) is 24.5 Å². The summed E-state index contributed by atoms with van der Waals surface area (Å²) in [7, 11) is 0. The number of nitrogens with zero attached hydrogens (tertiary/aromatic N) is 4. The second-order valence-corrected chi connectivity index (χ2v) is 5.56. The average Bonchev–Trinajstić information content (AvgIpc) is 3.10. The van der Waals surface area contributed by atoms with Crippen molar-refractivity contribution in [1.29, 1.82) is 0 Å². The highest BCUT2D eigenvalue weighted by Gasteiger charge is 2.08. The van der Waals surface area contributed by atoms with Crippen LogP contribution in [0.2, 0.25) is 0 Å². The molecular formula is C14H15N5OS. The third-order valence-electron chi connectivity index (χ3n) is 2.99. The molecule has 0 saturated carbocycles. The smallest absolute Gasteiger partial charge is 0.226 e. The first-order valence-corrected chi connectivity index (χ1v) is 7.58. The van der Waals surface area contributed by atoms with E-state index in [9.17, 15) is 0 Å². The van der Waals surface area contributed by atoms with Crippen molar-refractivity contribution in [3.05, 3.63) is 52.9 Å². The molecule has 21 heavy (non-hydrogen) atoms. The molecule has 0 radical (unpaired) electrons. The van der Waals surface area contributed by atoms with E-state index in [4.69, 9.17) is 10.3 Å². The first kappa shape index (κ1) is 13.7. The lowest BCUT2D eigenvalue weighted by molar-refractivity contribution is 0.371. The van der Waals surface area contributed by atoms with E-state index >= 15 is 0 Å². The number of thiazole rings is 1. The van der Waals surface area contributed by atoms with Crippen LogP contribution in [0.3, 0.4) is 0 Å². The number of anilines is 1. The molecule has 0 bridgehead atoms. The van der Waals surface area contributed by atoms with Crippen LogP contribution in [0.5, 0.6) is 0 Å². The molecule has 0 aliphatic rings. The van der Waals surface area contributed by atoms with Crippen LogP contribution in [0.25, 0.3) is 0 Å². The molecule has 108 valence electrons. The maximum Gasteiger partial charge on any atom is 0.226 e. The number of pyridine rings is 1. The number of nitrogens with two attached hydrogens (primary N) is 1. The Morgan fingerprint density at radius 3 is 2.95 bits per heavy atom. The molecule has 0 aliphatic heterocycles. The summed E-state index contributed by atoms with van der Waals surface area (Å²) in [5, 5.41) is 6.59. The van der Waals surface area contributed by atoms with Gasteiger partial charge in [-0.3, -0.25) is 4.98 Å². The van der Waals surface area contributed by atoms with Crippen LogP contribution >= 0.6 is 11.3 Å². The summed E-state index contributed by atoms with van der Waals surface area (Å²) in [5.74, 6) is 1.35. The van der Waals surface area contributed by atoms with Gasteiger partial charge < -0.3 is 10.3 Å². The number of rotatable bonds is 6. The van der Waals surface area contributed by atoms with E-state index in [2.05, 4.69) is 20.1 Å². The van der Waals surface area contributed by atoms with Gasteiger partial charge in [-0.1, -0.05) is 11.2 Å². The zero-order chi connectivity index (χ0) is 14.5. The van der Waals surface area contributed by atoms with Crippen LogP contribution in [-0.2, 0) is 19.3 Å². The Morgan fingerprint density at radius 2 is 2.19 bits per heavy atom. The molecule has 0 amide bonds. The molecular weight excluding hydrogens is 286 g/mol. The molecule has 3 aromatic rings. The fourth-order valence-electron chi connectivity index (χ4n) is 2.01. The van der Waals surface area contributed by atoms with Crippen molar-refractivity contribution in [3.8, 4) is 0 Å². The highest BCUT2D eigenvalue weighted by Crippen LogP contribution is 2.14. The summed E-state index contributed by atoms with van der Waals surface area (Å²) in [5.41, 5.74) is 7.69. The standard InChI is InChI=1S/C14H15N5OS/c15-14-17-11(9-21-14)4-1-5-13-18-12(19-20-13)7-10-3-2-6-16-8-10/h2-3,6,8-9H,1,4-5,7H2,(H2,15,17). The fourth-order valence-corrected chi connectivity index (χ4v) is 2.60. The van der Waals surface area contributed by atoms with E-state index in [-0.39, 0.29) is 0 Å². The number of aromatic nitrogens is 4. The predicted octanol–water partition coefficient (Wildman–Crippen LogP) is 2.27. The SMILES string of the molecule is Nc1nc(CCCc2nc(Cc3cccnc3)no2)cs1. The molecule has 0 fully saturated rings. The van der Waals surface area contributed by atoms with Gasteiger partial charge in [-0.25, -0.2) is 4.98 Å². The molecule has 0 saturated heterocycles. The molecule has 0 unspecified atom stereocenters. The molecule has 0 aromatic carbocycles. The lowest BCUT2D eigenvalue weighted by Crippen LogP contribution is -1.94. The minimum absolute atomic E-state index is 0.613. The first-order valence-electron chi connectivity index (χ1n) is 6.70. The van der Waals surface area contributed by atoms with Crippen molar-refractivity contribution in [1.82, 2.24) is 20.1 Å². The second kappa shape index (κ2) is 6.45. The molecule has 7 heteroatoms. The quantitative estimate of drug-likeness (QED) is 0.751. The molecule has 2 N–H and O–H groups in total. The van der Waals surface area contributed by atoms with Gasteiger partial charge in [0.25, 0.3) is 0 Å². The van der Waals surface area contributed by atoms with Crippen molar-refractivity contribution < 1.29 is 4.52 Å². The van der Waals surface area contributed by atoms with E-state index in [1.165, 1.54) is 11.3 Å². The van der Waals surface area contributed by atoms with Gasteiger partial charge in [0.15, 0.2) is 11.0 Å². The second-order valence-electron chi connectivity index (χ2n) is 4.67. The van der Waals surface area contributed by atoms with Crippen LogP contribution < -0.4 is 5.73 Å². The Bertz CT molecular complexity index is 694. The van der Waals surface area contributed by atoms with Gasteiger partial charge in [-0.2, -0.15) is 4.98 Å².